The normalized spacial score (nSPS) is 10.3. The molecule has 0 saturated carbocycles. The summed E-state index contributed by atoms with van der Waals surface area (Å²) in [5, 5.41) is 19.8. The number of carboxylic acids is 1. The first kappa shape index (κ1) is 10.3. The molecular formula is C12H10O4. The molecule has 0 aliphatic rings. The van der Waals surface area contributed by atoms with Gasteiger partial charge in [0.1, 0.15) is 17.1 Å². The summed E-state index contributed by atoms with van der Waals surface area (Å²) in [5.74, 6) is -0.809. The maximum atomic E-state index is 10.8. The van der Waals surface area contributed by atoms with Gasteiger partial charge in [0.15, 0.2) is 0 Å². The van der Waals surface area contributed by atoms with Gasteiger partial charge < -0.3 is 14.9 Å². The van der Waals surface area contributed by atoms with Crippen LogP contribution >= 0.6 is 0 Å². The van der Waals surface area contributed by atoms with Crippen LogP contribution in [0.1, 0.15) is 10.4 Å². The van der Waals surface area contributed by atoms with E-state index in [0.717, 1.165) is 5.39 Å². The number of aromatic carboxylic acids is 1. The van der Waals surface area contributed by atoms with E-state index in [4.69, 9.17) is 9.84 Å². The van der Waals surface area contributed by atoms with Gasteiger partial charge in [0.05, 0.1) is 7.11 Å². The number of ether oxygens (including phenoxy) is 1. The number of hydrogen-bond acceptors (Lipinski definition) is 3. The Morgan fingerprint density at radius 2 is 2.06 bits per heavy atom. The third-order valence-electron chi connectivity index (χ3n) is 2.41. The summed E-state index contributed by atoms with van der Waals surface area (Å²) in [6.45, 7) is 0. The van der Waals surface area contributed by atoms with Crippen molar-refractivity contribution in [2.75, 3.05) is 7.11 Å². The standard InChI is InChI=1S/C12H10O4/c1-16-11-4-2-3-7-5-9(12(14)15)10(13)6-8(7)11/h2-6,13H,1H3,(H,14,15). The van der Waals surface area contributed by atoms with Crippen LogP contribution in [-0.2, 0) is 0 Å². The highest BCUT2D eigenvalue weighted by molar-refractivity contribution is 5.99. The molecule has 0 saturated heterocycles. The second-order valence-electron chi connectivity index (χ2n) is 3.36. The Morgan fingerprint density at radius 3 is 2.69 bits per heavy atom. The first-order chi connectivity index (χ1) is 7.63. The molecule has 0 bridgehead atoms. The monoisotopic (exact) mass is 218 g/mol. The van der Waals surface area contributed by atoms with Crippen molar-refractivity contribution < 1.29 is 19.7 Å². The third kappa shape index (κ3) is 1.54. The summed E-state index contributed by atoms with van der Waals surface area (Å²) in [4.78, 5) is 10.8. The molecule has 2 aromatic carbocycles. The molecule has 2 N–H and O–H groups in total. The zero-order valence-electron chi connectivity index (χ0n) is 8.60. The maximum absolute atomic E-state index is 10.8. The van der Waals surface area contributed by atoms with Crippen molar-refractivity contribution in [3.05, 3.63) is 35.9 Å². The van der Waals surface area contributed by atoms with Crippen molar-refractivity contribution in [3.8, 4) is 11.5 Å². The zero-order chi connectivity index (χ0) is 11.7. The van der Waals surface area contributed by atoms with Crippen LogP contribution in [0.25, 0.3) is 10.8 Å². The van der Waals surface area contributed by atoms with Crippen LogP contribution in [0.15, 0.2) is 30.3 Å². The lowest BCUT2D eigenvalue weighted by Gasteiger charge is -2.07. The zero-order valence-corrected chi connectivity index (χ0v) is 8.60. The van der Waals surface area contributed by atoms with Gasteiger partial charge in [0, 0.05) is 5.39 Å². The van der Waals surface area contributed by atoms with Gasteiger partial charge in [-0.15, -0.1) is 0 Å². The molecule has 0 atom stereocenters. The largest absolute Gasteiger partial charge is 0.507 e. The van der Waals surface area contributed by atoms with Gasteiger partial charge in [-0.25, -0.2) is 4.79 Å². The highest BCUT2D eigenvalue weighted by atomic mass is 16.5. The number of aromatic hydroxyl groups is 1. The van der Waals surface area contributed by atoms with Crippen LogP contribution in [0.4, 0.5) is 0 Å². The molecule has 0 aliphatic heterocycles. The lowest BCUT2D eigenvalue weighted by molar-refractivity contribution is 0.0694. The van der Waals surface area contributed by atoms with Gasteiger partial charge in [-0.3, -0.25) is 0 Å². The predicted molar refractivity (Wildman–Crippen MR) is 59.1 cm³/mol. The maximum Gasteiger partial charge on any atom is 0.339 e. The van der Waals surface area contributed by atoms with E-state index in [1.165, 1.54) is 19.2 Å². The number of fused-ring (bicyclic) bond motifs is 1. The molecule has 0 unspecified atom stereocenters. The summed E-state index contributed by atoms with van der Waals surface area (Å²) in [5.41, 5.74) is -0.110. The highest BCUT2D eigenvalue weighted by Gasteiger charge is 2.12. The summed E-state index contributed by atoms with van der Waals surface area (Å²) < 4.78 is 5.12. The van der Waals surface area contributed by atoms with Crippen LogP contribution in [-0.4, -0.2) is 23.3 Å². The Bertz CT molecular complexity index is 560. The molecule has 4 nitrogen and oxygen atoms in total. The smallest absolute Gasteiger partial charge is 0.339 e. The van der Waals surface area contributed by atoms with Crippen molar-refractivity contribution in [1.29, 1.82) is 0 Å². The average molecular weight is 218 g/mol. The second kappa shape index (κ2) is 3.73. The van der Waals surface area contributed by atoms with Crippen molar-refractivity contribution in [1.82, 2.24) is 0 Å². The Balaban J connectivity index is 2.78. The Hall–Kier alpha value is -2.23. The molecule has 0 aliphatic carbocycles. The minimum atomic E-state index is -1.15. The molecule has 0 heterocycles. The summed E-state index contributed by atoms with van der Waals surface area (Å²) >= 11 is 0. The van der Waals surface area contributed by atoms with Gasteiger partial charge >= 0.3 is 5.97 Å². The lowest BCUT2D eigenvalue weighted by atomic mass is 10.1. The third-order valence-corrected chi connectivity index (χ3v) is 2.41. The highest BCUT2D eigenvalue weighted by Crippen LogP contribution is 2.31. The molecule has 0 fully saturated rings. The molecule has 82 valence electrons. The number of phenols is 1. The quantitative estimate of drug-likeness (QED) is 0.811. The summed E-state index contributed by atoms with van der Waals surface area (Å²) in [7, 11) is 1.52. The first-order valence-corrected chi connectivity index (χ1v) is 4.66. The Labute approximate surface area is 91.7 Å². The van der Waals surface area contributed by atoms with E-state index in [1.807, 2.05) is 0 Å². The van der Waals surface area contributed by atoms with Gasteiger partial charge in [-0.2, -0.15) is 0 Å². The molecule has 4 heteroatoms. The SMILES string of the molecule is COc1cccc2cc(C(=O)O)c(O)cc12. The summed E-state index contributed by atoms with van der Waals surface area (Å²) in [6.07, 6.45) is 0. The van der Waals surface area contributed by atoms with E-state index < -0.39 is 5.97 Å². The minimum absolute atomic E-state index is 0.110. The fourth-order valence-corrected chi connectivity index (χ4v) is 1.63. The number of hydrogen-bond donors (Lipinski definition) is 2. The molecule has 0 radical (unpaired) electrons. The van der Waals surface area contributed by atoms with E-state index in [9.17, 15) is 9.90 Å². The predicted octanol–water partition coefficient (Wildman–Crippen LogP) is 2.25. The molecule has 0 aromatic heterocycles. The van der Waals surface area contributed by atoms with E-state index in [0.29, 0.717) is 11.1 Å². The number of benzene rings is 2. The van der Waals surface area contributed by atoms with E-state index in [1.54, 1.807) is 18.2 Å². The average Bonchev–Trinajstić information content (AvgIpc) is 2.27. The first-order valence-electron chi connectivity index (χ1n) is 4.66. The van der Waals surface area contributed by atoms with Crippen LogP contribution in [0, 0.1) is 0 Å². The Kier molecular flexibility index (Phi) is 2.40. The molecular weight excluding hydrogens is 208 g/mol. The molecule has 2 rings (SSSR count). The molecule has 16 heavy (non-hydrogen) atoms. The van der Waals surface area contributed by atoms with E-state index >= 15 is 0 Å². The minimum Gasteiger partial charge on any atom is -0.507 e. The van der Waals surface area contributed by atoms with Crippen molar-refractivity contribution in [2.24, 2.45) is 0 Å². The van der Waals surface area contributed by atoms with Gasteiger partial charge in [0.25, 0.3) is 0 Å². The fraction of sp³-hybridized carbons (Fsp3) is 0.0833. The number of carbonyl (C=O) groups is 1. The van der Waals surface area contributed by atoms with E-state index in [2.05, 4.69) is 0 Å². The van der Waals surface area contributed by atoms with Crippen LogP contribution in [0.2, 0.25) is 0 Å². The second-order valence-corrected chi connectivity index (χ2v) is 3.36. The molecule has 0 spiro atoms. The molecule has 2 aromatic rings. The van der Waals surface area contributed by atoms with Crippen LogP contribution < -0.4 is 4.74 Å². The van der Waals surface area contributed by atoms with Gasteiger partial charge in [-0.1, -0.05) is 12.1 Å². The van der Waals surface area contributed by atoms with Crippen molar-refractivity contribution in [3.63, 3.8) is 0 Å². The van der Waals surface area contributed by atoms with Gasteiger partial charge in [0.2, 0.25) is 0 Å². The van der Waals surface area contributed by atoms with Gasteiger partial charge in [-0.05, 0) is 23.6 Å². The number of rotatable bonds is 2. The summed E-state index contributed by atoms with van der Waals surface area (Å²) in [6, 6.07) is 8.11. The van der Waals surface area contributed by atoms with Crippen molar-refractivity contribution >= 4 is 16.7 Å². The van der Waals surface area contributed by atoms with E-state index in [-0.39, 0.29) is 11.3 Å². The Morgan fingerprint density at radius 1 is 1.31 bits per heavy atom. The lowest BCUT2D eigenvalue weighted by Crippen LogP contribution is -1.97. The molecule has 0 amide bonds. The number of methoxy groups -OCH3 is 1. The van der Waals surface area contributed by atoms with Crippen LogP contribution in [0.5, 0.6) is 11.5 Å². The van der Waals surface area contributed by atoms with Crippen LogP contribution in [0.3, 0.4) is 0 Å². The fourth-order valence-electron chi connectivity index (χ4n) is 1.63. The van der Waals surface area contributed by atoms with Crippen molar-refractivity contribution in [2.45, 2.75) is 0 Å². The topological polar surface area (TPSA) is 66.8 Å². The number of carboxylic acid groups (broad SMARTS) is 1.